The number of ether oxygens (including phenoxy) is 2. The van der Waals surface area contributed by atoms with Gasteiger partial charge in [0.1, 0.15) is 5.75 Å². The molecule has 0 saturated heterocycles. The molecule has 106 valence electrons. The number of rotatable bonds is 3. The molecule has 0 spiro atoms. The van der Waals surface area contributed by atoms with E-state index in [-0.39, 0.29) is 5.56 Å². The number of methoxy groups -OCH3 is 2. The lowest BCUT2D eigenvalue weighted by molar-refractivity contribution is 0.410. The van der Waals surface area contributed by atoms with Crippen LogP contribution in [-0.4, -0.2) is 19.2 Å². The van der Waals surface area contributed by atoms with Gasteiger partial charge in [-0.1, -0.05) is 30.3 Å². The number of aromatic nitrogens is 1. The molecular formula is C17H15NO3. The van der Waals surface area contributed by atoms with E-state index in [1.54, 1.807) is 7.11 Å². The highest BCUT2D eigenvalue weighted by Crippen LogP contribution is 2.35. The van der Waals surface area contributed by atoms with E-state index in [0.29, 0.717) is 5.75 Å². The average molecular weight is 281 g/mol. The van der Waals surface area contributed by atoms with Crippen molar-refractivity contribution in [2.75, 3.05) is 14.2 Å². The molecule has 0 aliphatic heterocycles. The van der Waals surface area contributed by atoms with Gasteiger partial charge >= 0.3 is 0 Å². The van der Waals surface area contributed by atoms with Gasteiger partial charge in [0.05, 0.1) is 14.2 Å². The fourth-order valence-electron chi connectivity index (χ4n) is 2.47. The second kappa shape index (κ2) is 5.32. The molecule has 2 aromatic carbocycles. The summed E-state index contributed by atoms with van der Waals surface area (Å²) in [5.41, 5.74) is 2.21. The summed E-state index contributed by atoms with van der Waals surface area (Å²) in [5, 5.41) is 0.886. The zero-order valence-electron chi connectivity index (χ0n) is 11.8. The molecule has 0 aliphatic carbocycles. The van der Waals surface area contributed by atoms with Gasteiger partial charge in [0, 0.05) is 16.5 Å². The molecule has 3 aromatic rings. The summed E-state index contributed by atoms with van der Waals surface area (Å²) in [6.07, 6.45) is 0. The first-order valence-corrected chi connectivity index (χ1v) is 6.58. The van der Waals surface area contributed by atoms with E-state index >= 15 is 0 Å². The summed E-state index contributed by atoms with van der Waals surface area (Å²) < 4.78 is 10.6. The molecule has 0 unspecified atom stereocenters. The van der Waals surface area contributed by atoms with E-state index in [0.717, 1.165) is 27.8 Å². The standard InChI is InChI=1S/C17H15NO3/c1-20-12-8-9-14-13(10-12)15(11-6-4-3-5-7-11)16(21-2)17(19)18-14/h3-10H,1-2H3,(H,18,19). The molecule has 0 bridgehead atoms. The van der Waals surface area contributed by atoms with Crippen LogP contribution in [0.25, 0.3) is 22.0 Å². The van der Waals surface area contributed by atoms with Crippen LogP contribution < -0.4 is 15.0 Å². The van der Waals surface area contributed by atoms with Crippen molar-refractivity contribution < 1.29 is 9.47 Å². The lowest BCUT2D eigenvalue weighted by atomic mass is 10.00. The highest BCUT2D eigenvalue weighted by atomic mass is 16.5. The third kappa shape index (κ3) is 2.25. The monoisotopic (exact) mass is 281 g/mol. The number of fused-ring (bicyclic) bond motifs is 1. The maximum Gasteiger partial charge on any atom is 0.291 e. The maximum absolute atomic E-state index is 12.2. The van der Waals surface area contributed by atoms with Crippen molar-refractivity contribution in [1.29, 1.82) is 0 Å². The Morgan fingerprint density at radius 2 is 1.71 bits per heavy atom. The molecule has 1 heterocycles. The highest BCUT2D eigenvalue weighted by molar-refractivity contribution is 5.98. The second-order valence-corrected chi connectivity index (χ2v) is 4.64. The molecule has 0 saturated carbocycles. The molecule has 3 rings (SSSR count). The minimum Gasteiger partial charge on any atom is -0.497 e. The first-order valence-electron chi connectivity index (χ1n) is 6.58. The Hall–Kier alpha value is -2.75. The highest BCUT2D eigenvalue weighted by Gasteiger charge is 2.15. The van der Waals surface area contributed by atoms with Crippen molar-refractivity contribution >= 4 is 10.9 Å². The second-order valence-electron chi connectivity index (χ2n) is 4.64. The zero-order valence-corrected chi connectivity index (χ0v) is 11.8. The van der Waals surface area contributed by atoms with E-state index in [1.165, 1.54) is 7.11 Å². The number of benzene rings is 2. The van der Waals surface area contributed by atoms with Gasteiger partial charge in [-0.2, -0.15) is 0 Å². The predicted octanol–water partition coefficient (Wildman–Crippen LogP) is 3.21. The minimum atomic E-state index is -0.242. The van der Waals surface area contributed by atoms with Gasteiger partial charge in [-0.15, -0.1) is 0 Å². The largest absolute Gasteiger partial charge is 0.497 e. The molecule has 21 heavy (non-hydrogen) atoms. The quantitative estimate of drug-likeness (QED) is 0.802. The van der Waals surface area contributed by atoms with Gasteiger partial charge in [0.2, 0.25) is 0 Å². The molecule has 0 atom stereocenters. The van der Waals surface area contributed by atoms with Crippen molar-refractivity contribution in [1.82, 2.24) is 4.98 Å². The van der Waals surface area contributed by atoms with E-state index in [9.17, 15) is 4.79 Å². The molecule has 4 nitrogen and oxygen atoms in total. The number of hydrogen-bond donors (Lipinski definition) is 1. The molecule has 0 radical (unpaired) electrons. The van der Waals surface area contributed by atoms with Gasteiger partial charge in [0.25, 0.3) is 5.56 Å². The third-order valence-corrected chi connectivity index (χ3v) is 3.44. The molecule has 0 amide bonds. The van der Waals surface area contributed by atoms with Gasteiger partial charge in [-0.25, -0.2) is 0 Å². The Morgan fingerprint density at radius 3 is 2.38 bits per heavy atom. The number of H-pyrrole nitrogens is 1. The normalized spacial score (nSPS) is 10.6. The van der Waals surface area contributed by atoms with Crippen LogP contribution in [0.4, 0.5) is 0 Å². The number of hydrogen-bond acceptors (Lipinski definition) is 3. The predicted molar refractivity (Wildman–Crippen MR) is 83.1 cm³/mol. The average Bonchev–Trinajstić information content (AvgIpc) is 2.54. The summed E-state index contributed by atoms with van der Waals surface area (Å²) in [4.78, 5) is 15.0. The Morgan fingerprint density at radius 1 is 0.952 bits per heavy atom. The summed E-state index contributed by atoms with van der Waals surface area (Å²) in [6, 6.07) is 15.3. The summed E-state index contributed by atoms with van der Waals surface area (Å²) in [7, 11) is 3.12. The van der Waals surface area contributed by atoms with E-state index in [1.807, 2.05) is 48.5 Å². The number of nitrogens with one attached hydrogen (secondary N) is 1. The first kappa shape index (κ1) is 13.2. The lowest BCUT2D eigenvalue weighted by Gasteiger charge is -2.12. The van der Waals surface area contributed by atoms with Crippen LogP contribution in [0.1, 0.15) is 0 Å². The van der Waals surface area contributed by atoms with Gasteiger partial charge in [-0.3, -0.25) is 4.79 Å². The molecule has 0 fully saturated rings. The zero-order chi connectivity index (χ0) is 14.8. The van der Waals surface area contributed by atoms with Crippen LogP contribution >= 0.6 is 0 Å². The topological polar surface area (TPSA) is 51.3 Å². The lowest BCUT2D eigenvalue weighted by Crippen LogP contribution is -2.11. The summed E-state index contributed by atoms with van der Waals surface area (Å²) in [6.45, 7) is 0. The SMILES string of the molecule is COc1ccc2[nH]c(=O)c(OC)c(-c3ccccc3)c2c1. The smallest absolute Gasteiger partial charge is 0.291 e. The fraction of sp³-hybridized carbons (Fsp3) is 0.118. The third-order valence-electron chi connectivity index (χ3n) is 3.44. The Kier molecular flexibility index (Phi) is 3.36. The van der Waals surface area contributed by atoms with Crippen LogP contribution in [0.5, 0.6) is 11.5 Å². The van der Waals surface area contributed by atoms with E-state index in [2.05, 4.69) is 4.98 Å². The number of pyridine rings is 1. The van der Waals surface area contributed by atoms with Crippen LogP contribution in [0, 0.1) is 0 Å². The van der Waals surface area contributed by atoms with Gasteiger partial charge in [-0.05, 0) is 23.8 Å². The van der Waals surface area contributed by atoms with Gasteiger partial charge < -0.3 is 14.5 Å². The molecule has 1 N–H and O–H groups in total. The van der Waals surface area contributed by atoms with E-state index < -0.39 is 0 Å². The van der Waals surface area contributed by atoms with Crippen molar-refractivity contribution in [3.05, 3.63) is 58.9 Å². The Balaban J connectivity index is 2.45. The van der Waals surface area contributed by atoms with Crippen LogP contribution in [0.2, 0.25) is 0 Å². The van der Waals surface area contributed by atoms with Crippen molar-refractivity contribution in [2.24, 2.45) is 0 Å². The molecule has 1 aromatic heterocycles. The molecular weight excluding hydrogens is 266 g/mol. The maximum atomic E-state index is 12.2. The molecule has 0 aliphatic rings. The fourth-order valence-corrected chi connectivity index (χ4v) is 2.47. The number of aromatic amines is 1. The first-order chi connectivity index (χ1) is 10.2. The Bertz CT molecular complexity index is 838. The van der Waals surface area contributed by atoms with Crippen LogP contribution in [0.3, 0.4) is 0 Å². The van der Waals surface area contributed by atoms with Crippen molar-refractivity contribution in [3.8, 4) is 22.6 Å². The van der Waals surface area contributed by atoms with Gasteiger partial charge in [0.15, 0.2) is 5.75 Å². The van der Waals surface area contributed by atoms with Crippen molar-refractivity contribution in [2.45, 2.75) is 0 Å². The van der Waals surface area contributed by atoms with Crippen LogP contribution in [0.15, 0.2) is 53.3 Å². The van der Waals surface area contributed by atoms with E-state index in [4.69, 9.17) is 9.47 Å². The minimum absolute atomic E-state index is 0.242. The summed E-state index contributed by atoms with van der Waals surface area (Å²) >= 11 is 0. The van der Waals surface area contributed by atoms with Crippen molar-refractivity contribution in [3.63, 3.8) is 0 Å². The van der Waals surface area contributed by atoms with Crippen LogP contribution in [-0.2, 0) is 0 Å². The Labute approximate surface area is 122 Å². The summed E-state index contributed by atoms with van der Waals surface area (Å²) in [5.74, 6) is 1.04. The molecule has 4 heteroatoms.